The standard InChI is InChI=1S/C12H27N/c1-5-9-12(6-2)10-11-13(7-3)8-4/h12H,5-11H2,1-4H3. The van der Waals surface area contributed by atoms with Crippen molar-refractivity contribution in [2.24, 2.45) is 5.92 Å². The van der Waals surface area contributed by atoms with Crippen molar-refractivity contribution in [2.45, 2.75) is 53.4 Å². The Morgan fingerprint density at radius 2 is 1.54 bits per heavy atom. The zero-order valence-corrected chi connectivity index (χ0v) is 9.97. The number of nitrogens with zero attached hydrogens (tertiary/aromatic N) is 1. The molecule has 0 spiro atoms. The average molecular weight is 185 g/mol. The minimum Gasteiger partial charge on any atom is -0.304 e. The van der Waals surface area contributed by atoms with Crippen LogP contribution in [0.1, 0.15) is 53.4 Å². The van der Waals surface area contributed by atoms with E-state index < -0.39 is 0 Å². The summed E-state index contributed by atoms with van der Waals surface area (Å²) in [6.45, 7) is 12.8. The van der Waals surface area contributed by atoms with Crippen molar-refractivity contribution in [3.63, 3.8) is 0 Å². The Kier molecular flexibility index (Phi) is 8.53. The third kappa shape index (κ3) is 6.09. The van der Waals surface area contributed by atoms with E-state index in [0.717, 1.165) is 5.92 Å². The van der Waals surface area contributed by atoms with Gasteiger partial charge in [0.25, 0.3) is 0 Å². The van der Waals surface area contributed by atoms with Gasteiger partial charge in [-0.2, -0.15) is 0 Å². The van der Waals surface area contributed by atoms with Gasteiger partial charge in [0.2, 0.25) is 0 Å². The molecule has 0 aliphatic carbocycles. The summed E-state index contributed by atoms with van der Waals surface area (Å²) in [5.74, 6) is 0.964. The van der Waals surface area contributed by atoms with Crippen molar-refractivity contribution in [1.29, 1.82) is 0 Å². The molecule has 0 saturated carbocycles. The molecule has 0 aliphatic rings. The van der Waals surface area contributed by atoms with Gasteiger partial charge in [-0.3, -0.25) is 0 Å². The molecular formula is C12H27N. The summed E-state index contributed by atoms with van der Waals surface area (Å²) >= 11 is 0. The number of hydrogen-bond donors (Lipinski definition) is 0. The highest BCUT2D eigenvalue weighted by Gasteiger charge is 2.06. The van der Waals surface area contributed by atoms with Crippen molar-refractivity contribution in [3.05, 3.63) is 0 Å². The monoisotopic (exact) mass is 185 g/mol. The molecule has 1 unspecified atom stereocenters. The van der Waals surface area contributed by atoms with Crippen molar-refractivity contribution in [3.8, 4) is 0 Å². The molecule has 0 saturated heterocycles. The molecule has 0 aliphatic heterocycles. The van der Waals surface area contributed by atoms with E-state index in [4.69, 9.17) is 0 Å². The summed E-state index contributed by atoms with van der Waals surface area (Å²) in [4.78, 5) is 2.53. The number of rotatable bonds is 8. The maximum atomic E-state index is 2.53. The van der Waals surface area contributed by atoms with Crippen LogP contribution in [0.2, 0.25) is 0 Å². The highest BCUT2D eigenvalue weighted by atomic mass is 15.1. The molecule has 0 aromatic carbocycles. The summed E-state index contributed by atoms with van der Waals surface area (Å²) in [5, 5.41) is 0. The van der Waals surface area contributed by atoms with Crippen LogP contribution < -0.4 is 0 Å². The van der Waals surface area contributed by atoms with E-state index in [0.29, 0.717) is 0 Å². The Morgan fingerprint density at radius 1 is 0.923 bits per heavy atom. The zero-order chi connectivity index (χ0) is 10.1. The molecule has 0 bridgehead atoms. The first-order valence-corrected chi connectivity index (χ1v) is 6.00. The SMILES string of the molecule is CCCC(CC)CCN(CC)CC. The van der Waals surface area contributed by atoms with Gasteiger partial charge in [0.1, 0.15) is 0 Å². The lowest BCUT2D eigenvalue weighted by atomic mass is 9.97. The highest BCUT2D eigenvalue weighted by molar-refractivity contribution is 4.60. The van der Waals surface area contributed by atoms with E-state index in [1.807, 2.05) is 0 Å². The summed E-state index contributed by atoms with van der Waals surface area (Å²) in [5.41, 5.74) is 0. The van der Waals surface area contributed by atoms with Gasteiger partial charge in [-0.25, -0.2) is 0 Å². The van der Waals surface area contributed by atoms with Crippen LogP contribution in [-0.4, -0.2) is 24.5 Å². The van der Waals surface area contributed by atoms with Crippen molar-refractivity contribution in [1.82, 2.24) is 4.90 Å². The molecule has 1 heteroatoms. The van der Waals surface area contributed by atoms with E-state index in [1.165, 1.54) is 45.3 Å². The predicted molar refractivity (Wildman–Crippen MR) is 61.1 cm³/mol. The Bertz CT molecular complexity index is 97.3. The van der Waals surface area contributed by atoms with Crippen LogP contribution in [0.15, 0.2) is 0 Å². The van der Waals surface area contributed by atoms with Gasteiger partial charge in [-0.05, 0) is 32.0 Å². The van der Waals surface area contributed by atoms with Crippen LogP contribution in [-0.2, 0) is 0 Å². The molecule has 1 atom stereocenters. The molecule has 0 aromatic rings. The lowest BCUT2D eigenvalue weighted by Gasteiger charge is -2.21. The summed E-state index contributed by atoms with van der Waals surface area (Å²) in [6, 6.07) is 0. The lowest BCUT2D eigenvalue weighted by molar-refractivity contribution is 0.267. The Morgan fingerprint density at radius 3 is 1.92 bits per heavy atom. The third-order valence-electron chi connectivity index (χ3n) is 3.02. The fraction of sp³-hybridized carbons (Fsp3) is 1.00. The lowest BCUT2D eigenvalue weighted by Crippen LogP contribution is -2.25. The van der Waals surface area contributed by atoms with Gasteiger partial charge in [-0.15, -0.1) is 0 Å². The van der Waals surface area contributed by atoms with Crippen molar-refractivity contribution < 1.29 is 0 Å². The van der Waals surface area contributed by atoms with Gasteiger partial charge in [0.15, 0.2) is 0 Å². The van der Waals surface area contributed by atoms with Crippen LogP contribution in [0, 0.1) is 5.92 Å². The molecule has 0 heterocycles. The molecule has 0 aromatic heterocycles. The fourth-order valence-electron chi connectivity index (χ4n) is 1.87. The zero-order valence-electron chi connectivity index (χ0n) is 9.97. The Labute approximate surface area is 84.5 Å². The first-order valence-electron chi connectivity index (χ1n) is 6.00. The van der Waals surface area contributed by atoms with Gasteiger partial charge in [0.05, 0.1) is 0 Å². The molecule has 80 valence electrons. The average Bonchev–Trinajstić information content (AvgIpc) is 2.17. The van der Waals surface area contributed by atoms with E-state index in [-0.39, 0.29) is 0 Å². The third-order valence-corrected chi connectivity index (χ3v) is 3.02. The molecule has 0 rings (SSSR count). The Hall–Kier alpha value is -0.0400. The van der Waals surface area contributed by atoms with E-state index >= 15 is 0 Å². The molecule has 0 fully saturated rings. The van der Waals surface area contributed by atoms with Crippen molar-refractivity contribution in [2.75, 3.05) is 19.6 Å². The summed E-state index contributed by atoms with van der Waals surface area (Å²) in [6.07, 6.45) is 5.51. The maximum Gasteiger partial charge on any atom is -0.00163 e. The fourth-order valence-corrected chi connectivity index (χ4v) is 1.87. The molecule has 1 nitrogen and oxygen atoms in total. The number of hydrogen-bond acceptors (Lipinski definition) is 1. The highest BCUT2D eigenvalue weighted by Crippen LogP contribution is 2.15. The first kappa shape index (κ1) is 13.0. The van der Waals surface area contributed by atoms with Crippen molar-refractivity contribution >= 4 is 0 Å². The van der Waals surface area contributed by atoms with Gasteiger partial charge >= 0.3 is 0 Å². The topological polar surface area (TPSA) is 3.24 Å². The van der Waals surface area contributed by atoms with Gasteiger partial charge in [-0.1, -0.05) is 47.0 Å². The molecule has 0 amide bonds. The van der Waals surface area contributed by atoms with Crippen LogP contribution in [0.25, 0.3) is 0 Å². The van der Waals surface area contributed by atoms with Crippen LogP contribution in [0.5, 0.6) is 0 Å². The second-order valence-corrected chi connectivity index (χ2v) is 3.88. The van der Waals surface area contributed by atoms with Gasteiger partial charge < -0.3 is 4.90 Å². The molecule has 13 heavy (non-hydrogen) atoms. The van der Waals surface area contributed by atoms with E-state index in [1.54, 1.807) is 0 Å². The van der Waals surface area contributed by atoms with Crippen LogP contribution in [0.4, 0.5) is 0 Å². The van der Waals surface area contributed by atoms with Crippen LogP contribution in [0.3, 0.4) is 0 Å². The predicted octanol–water partition coefficient (Wildman–Crippen LogP) is 3.54. The quantitative estimate of drug-likeness (QED) is 0.559. The second-order valence-electron chi connectivity index (χ2n) is 3.88. The van der Waals surface area contributed by atoms with Crippen LogP contribution >= 0.6 is 0 Å². The summed E-state index contributed by atoms with van der Waals surface area (Å²) in [7, 11) is 0. The molecule has 0 radical (unpaired) electrons. The minimum atomic E-state index is 0.964. The Balaban J connectivity index is 3.56. The van der Waals surface area contributed by atoms with Gasteiger partial charge in [0, 0.05) is 0 Å². The minimum absolute atomic E-state index is 0.964. The van der Waals surface area contributed by atoms with E-state index in [2.05, 4.69) is 32.6 Å². The first-order chi connectivity index (χ1) is 6.28. The second kappa shape index (κ2) is 8.55. The van der Waals surface area contributed by atoms with E-state index in [9.17, 15) is 0 Å². The molecule has 0 N–H and O–H groups in total. The largest absolute Gasteiger partial charge is 0.304 e. The smallest absolute Gasteiger partial charge is 0.00163 e. The molecular weight excluding hydrogens is 158 g/mol. The summed E-state index contributed by atoms with van der Waals surface area (Å²) < 4.78 is 0. The normalized spacial score (nSPS) is 13.6. The maximum absolute atomic E-state index is 2.53.